The normalized spacial score (nSPS) is 21.3. The van der Waals surface area contributed by atoms with Crippen molar-refractivity contribution in [2.75, 3.05) is 51.7 Å². The predicted molar refractivity (Wildman–Crippen MR) is 133 cm³/mol. The highest BCUT2D eigenvalue weighted by Gasteiger charge is 2.53. The molecule has 1 atom stereocenters. The van der Waals surface area contributed by atoms with E-state index in [1.807, 2.05) is 34.9 Å². The number of piperazine rings is 1. The van der Waals surface area contributed by atoms with E-state index < -0.39 is 6.04 Å². The van der Waals surface area contributed by atoms with Crippen molar-refractivity contribution in [3.05, 3.63) is 65.2 Å². The molecule has 0 N–H and O–H groups in total. The molecule has 8 nitrogen and oxygen atoms in total. The second kappa shape index (κ2) is 9.19. The molecule has 3 heterocycles. The number of likely N-dealkylation sites (N-methyl/N-ethyl adjacent to an activating group) is 2. The first-order valence-electron chi connectivity index (χ1n) is 11.5. The molecule has 9 heteroatoms. The second-order valence-corrected chi connectivity index (χ2v) is 9.25. The molecule has 2 fully saturated rings. The number of nitrogens with zero attached hydrogens (tertiary/aromatic N) is 6. The van der Waals surface area contributed by atoms with Crippen LogP contribution >= 0.6 is 11.6 Å². The Balaban J connectivity index is 1.41. The van der Waals surface area contributed by atoms with Gasteiger partial charge in [0.25, 0.3) is 17.8 Å². The Hall–Kier alpha value is -3.23. The summed E-state index contributed by atoms with van der Waals surface area (Å²) in [6.45, 7) is 4.65. The molecule has 5 rings (SSSR count). The number of halogens is 1. The van der Waals surface area contributed by atoms with Crippen molar-refractivity contribution in [2.45, 2.75) is 12.6 Å². The number of urea groups is 1. The van der Waals surface area contributed by atoms with Gasteiger partial charge in [-0.1, -0.05) is 48.0 Å². The van der Waals surface area contributed by atoms with E-state index in [0.29, 0.717) is 23.9 Å². The summed E-state index contributed by atoms with van der Waals surface area (Å²) >= 11 is 6.46. The number of imide groups is 1. The molecule has 0 aliphatic carbocycles. The van der Waals surface area contributed by atoms with Crippen molar-refractivity contribution in [3.8, 4) is 0 Å². The van der Waals surface area contributed by atoms with Crippen molar-refractivity contribution in [3.63, 3.8) is 0 Å². The van der Waals surface area contributed by atoms with Crippen molar-refractivity contribution in [1.29, 1.82) is 0 Å². The highest BCUT2D eigenvalue weighted by molar-refractivity contribution is 6.31. The predicted octanol–water partition coefficient (Wildman–Crippen LogP) is 2.38. The minimum Gasteiger partial charge on any atom is -0.369 e. The van der Waals surface area contributed by atoms with Crippen LogP contribution in [0.15, 0.2) is 59.6 Å². The Morgan fingerprint density at radius 3 is 2.32 bits per heavy atom. The van der Waals surface area contributed by atoms with E-state index in [1.165, 1.54) is 22.5 Å². The number of rotatable bonds is 5. The maximum absolute atomic E-state index is 13.2. The number of fused-ring (bicyclic) bond motifs is 1. The summed E-state index contributed by atoms with van der Waals surface area (Å²) in [6.07, 6.45) is 0. The number of para-hydroxylation sites is 1. The molecule has 0 bridgehead atoms. The van der Waals surface area contributed by atoms with Crippen LogP contribution in [0.2, 0.25) is 5.02 Å². The molecule has 2 aromatic rings. The van der Waals surface area contributed by atoms with Gasteiger partial charge in [-0.05, 0) is 23.2 Å². The lowest BCUT2D eigenvalue weighted by Crippen LogP contribution is -2.61. The third-order valence-electron chi connectivity index (χ3n) is 6.77. The van der Waals surface area contributed by atoms with Gasteiger partial charge in [-0.25, -0.2) is 9.37 Å². The van der Waals surface area contributed by atoms with Crippen LogP contribution in [0.3, 0.4) is 0 Å². The van der Waals surface area contributed by atoms with Gasteiger partial charge >= 0.3 is 11.9 Å². The number of hydrogen-bond donors (Lipinski definition) is 0. The van der Waals surface area contributed by atoms with Crippen LogP contribution in [-0.2, 0) is 11.3 Å². The fraction of sp³-hybridized carbons (Fsp3) is 0.360. The Morgan fingerprint density at radius 2 is 1.62 bits per heavy atom. The summed E-state index contributed by atoms with van der Waals surface area (Å²) in [7, 11) is 3.19. The number of anilines is 1. The highest BCUT2D eigenvalue weighted by Crippen LogP contribution is 2.24. The SMILES string of the molecule is CN1C(=O)C2C(=NC(CN3CCN(c4ccccc4)CC3)=[N+]2Cc2ccccc2Cl)N(C)C1=O. The van der Waals surface area contributed by atoms with Crippen molar-refractivity contribution < 1.29 is 14.2 Å². The molecule has 176 valence electrons. The lowest BCUT2D eigenvalue weighted by molar-refractivity contribution is -0.552. The monoisotopic (exact) mass is 479 g/mol. The van der Waals surface area contributed by atoms with Crippen LogP contribution in [0, 0.1) is 0 Å². The number of carbonyl (C=O) groups excluding carboxylic acids is 2. The van der Waals surface area contributed by atoms with E-state index in [9.17, 15) is 9.59 Å². The fourth-order valence-electron chi connectivity index (χ4n) is 4.77. The van der Waals surface area contributed by atoms with E-state index in [-0.39, 0.29) is 11.9 Å². The number of amides is 3. The molecule has 2 saturated heterocycles. The van der Waals surface area contributed by atoms with Gasteiger partial charge in [-0.15, -0.1) is 0 Å². The summed E-state index contributed by atoms with van der Waals surface area (Å²) in [5.41, 5.74) is 2.15. The van der Waals surface area contributed by atoms with Crippen molar-refractivity contribution in [2.24, 2.45) is 4.99 Å². The summed E-state index contributed by atoms with van der Waals surface area (Å²) in [5, 5.41) is 0.646. The average Bonchev–Trinajstić information content (AvgIpc) is 3.21. The molecule has 1 unspecified atom stereocenters. The molecule has 3 aliphatic heterocycles. The van der Waals surface area contributed by atoms with Gasteiger partial charge < -0.3 is 4.90 Å². The van der Waals surface area contributed by atoms with Crippen molar-refractivity contribution >= 4 is 40.9 Å². The number of amidine groups is 2. The zero-order valence-corrected chi connectivity index (χ0v) is 20.1. The molecular formula is C25H28ClN6O2+. The van der Waals surface area contributed by atoms with Crippen molar-refractivity contribution in [1.82, 2.24) is 14.7 Å². The van der Waals surface area contributed by atoms with Gasteiger partial charge in [0.15, 0.2) is 0 Å². The minimum atomic E-state index is -0.635. The summed E-state index contributed by atoms with van der Waals surface area (Å²) < 4.78 is 2.00. The lowest BCUT2D eigenvalue weighted by atomic mass is 10.1. The Bertz CT molecular complexity index is 1170. The first-order valence-corrected chi connectivity index (χ1v) is 11.8. The van der Waals surface area contributed by atoms with E-state index in [2.05, 4.69) is 34.1 Å². The van der Waals surface area contributed by atoms with Crippen LogP contribution in [0.1, 0.15) is 5.56 Å². The molecule has 3 amide bonds. The number of carbonyl (C=O) groups is 2. The maximum atomic E-state index is 13.2. The quantitative estimate of drug-likeness (QED) is 0.618. The van der Waals surface area contributed by atoms with Crippen LogP contribution in [0.25, 0.3) is 0 Å². The largest absolute Gasteiger partial charge is 0.369 e. The zero-order chi connectivity index (χ0) is 23.8. The van der Waals surface area contributed by atoms with Gasteiger partial charge in [0, 0.05) is 56.5 Å². The van der Waals surface area contributed by atoms with E-state index in [4.69, 9.17) is 16.6 Å². The molecule has 34 heavy (non-hydrogen) atoms. The molecule has 0 spiro atoms. The third-order valence-corrected chi connectivity index (χ3v) is 7.14. The van der Waals surface area contributed by atoms with E-state index in [1.54, 1.807) is 7.05 Å². The number of benzene rings is 2. The van der Waals surface area contributed by atoms with Gasteiger partial charge in [0.05, 0.1) is 0 Å². The second-order valence-electron chi connectivity index (χ2n) is 8.85. The Kier molecular flexibility index (Phi) is 6.10. The van der Waals surface area contributed by atoms with Gasteiger partial charge in [0.2, 0.25) is 0 Å². The molecule has 0 radical (unpaired) electrons. The Labute approximate surface area is 204 Å². The highest BCUT2D eigenvalue weighted by atomic mass is 35.5. The molecule has 2 aromatic carbocycles. The number of aliphatic imine (C=N–C) groups is 1. The van der Waals surface area contributed by atoms with E-state index >= 15 is 0 Å². The summed E-state index contributed by atoms with van der Waals surface area (Å²) in [5.74, 6) is 1.01. The van der Waals surface area contributed by atoms with Crippen LogP contribution in [-0.4, -0.2) is 95.7 Å². The zero-order valence-electron chi connectivity index (χ0n) is 19.4. The third kappa shape index (κ3) is 4.08. The topological polar surface area (TPSA) is 62.5 Å². The van der Waals surface area contributed by atoms with Crippen LogP contribution in [0.5, 0.6) is 0 Å². The van der Waals surface area contributed by atoms with Crippen LogP contribution in [0.4, 0.5) is 10.5 Å². The minimum absolute atomic E-state index is 0.266. The molecular weight excluding hydrogens is 452 g/mol. The first-order chi connectivity index (χ1) is 16.4. The first kappa shape index (κ1) is 22.6. The fourth-order valence-corrected chi connectivity index (χ4v) is 4.97. The molecule has 3 aliphatic rings. The standard InChI is InChI=1S/C25H28ClN6O2/c1-28-23-22(24(33)29(2)25(28)34)32(16-18-8-6-7-11-20(18)26)21(27-23)17-30-12-14-31(15-13-30)19-9-4-3-5-10-19/h3-11,22H,12-17H2,1-2H3/q+1. The number of hydrogen-bond acceptors (Lipinski definition) is 5. The van der Waals surface area contributed by atoms with Gasteiger partial charge in [-0.2, -0.15) is 0 Å². The summed E-state index contributed by atoms with van der Waals surface area (Å²) in [4.78, 5) is 37.9. The lowest BCUT2D eigenvalue weighted by Gasteiger charge is -2.35. The van der Waals surface area contributed by atoms with Gasteiger partial charge in [-0.3, -0.25) is 19.5 Å². The molecule has 0 aromatic heterocycles. The maximum Gasteiger partial charge on any atom is 0.333 e. The van der Waals surface area contributed by atoms with Gasteiger partial charge in [0.1, 0.15) is 13.1 Å². The molecule has 0 saturated carbocycles. The Morgan fingerprint density at radius 1 is 0.941 bits per heavy atom. The van der Waals surface area contributed by atoms with E-state index in [0.717, 1.165) is 37.6 Å². The summed E-state index contributed by atoms with van der Waals surface area (Å²) in [6, 6.07) is 17.1. The van der Waals surface area contributed by atoms with Crippen LogP contribution < -0.4 is 4.90 Å². The smallest absolute Gasteiger partial charge is 0.333 e. The average molecular weight is 480 g/mol.